The Labute approximate surface area is 159 Å². The Hall–Kier alpha value is -0.820. The summed E-state index contributed by atoms with van der Waals surface area (Å²) in [5.41, 5.74) is 0. The smallest absolute Gasteiger partial charge is 0.135 e. The SMILES string of the molecule is COCCCCN1CCC(=O)CC1.COCCCCN1CCC(=O)CC1. The van der Waals surface area contributed by atoms with E-state index in [2.05, 4.69) is 9.80 Å². The molecule has 152 valence electrons. The molecule has 0 bridgehead atoms. The molecule has 0 spiro atoms. The fourth-order valence-electron chi connectivity index (χ4n) is 3.22. The van der Waals surface area contributed by atoms with Crippen LogP contribution >= 0.6 is 0 Å². The number of ether oxygens (including phenoxy) is 2. The third-order valence-electron chi connectivity index (χ3n) is 4.97. The fourth-order valence-corrected chi connectivity index (χ4v) is 3.22. The molecule has 2 saturated heterocycles. The number of Topliss-reactive ketones (excluding diaryl/α,β-unsaturated/α-hetero) is 2. The maximum absolute atomic E-state index is 10.9. The van der Waals surface area contributed by atoms with Crippen LogP contribution in [0.1, 0.15) is 51.4 Å². The molecule has 0 aromatic carbocycles. The average Bonchev–Trinajstić information content (AvgIpc) is 2.66. The predicted octanol–water partition coefficient (Wildman–Crippen LogP) is 2.16. The summed E-state index contributed by atoms with van der Waals surface area (Å²) in [6.07, 6.45) is 7.63. The van der Waals surface area contributed by atoms with E-state index < -0.39 is 0 Å². The number of hydrogen-bond acceptors (Lipinski definition) is 6. The highest BCUT2D eigenvalue weighted by molar-refractivity contribution is 5.79. The summed E-state index contributed by atoms with van der Waals surface area (Å²) in [4.78, 5) is 26.6. The van der Waals surface area contributed by atoms with Crippen molar-refractivity contribution in [3.05, 3.63) is 0 Å². The van der Waals surface area contributed by atoms with Crippen molar-refractivity contribution in [1.29, 1.82) is 0 Å². The van der Waals surface area contributed by atoms with E-state index in [0.29, 0.717) is 11.6 Å². The number of carbonyl (C=O) groups excluding carboxylic acids is 2. The largest absolute Gasteiger partial charge is 0.385 e. The first-order valence-corrected chi connectivity index (χ1v) is 10.1. The number of likely N-dealkylation sites (tertiary alicyclic amines) is 2. The van der Waals surface area contributed by atoms with Crippen molar-refractivity contribution in [2.75, 3.05) is 66.7 Å². The molecule has 0 aromatic heterocycles. The first kappa shape index (κ1) is 23.2. The Morgan fingerprint density at radius 3 is 1.31 bits per heavy atom. The molecule has 0 amide bonds. The molecule has 6 nitrogen and oxygen atoms in total. The van der Waals surface area contributed by atoms with Gasteiger partial charge in [-0.05, 0) is 38.8 Å². The molecule has 2 aliphatic rings. The molecular formula is C20H38N2O4. The number of unbranched alkanes of at least 4 members (excludes halogenated alkanes) is 2. The number of ketones is 2. The van der Waals surface area contributed by atoms with Gasteiger partial charge in [0.25, 0.3) is 0 Å². The van der Waals surface area contributed by atoms with Gasteiger partial charge < -0.3 is 19.3 Å². The standard InChI is InChI=1S/2C10H19NO2/c2*1-13-9-3-2-6-11-7-4-10(12)5-8-11/h2*2-9H2,1H3. The van der Waals surface area contributed by atoms with E-state index in [9.17, 15) is 9.59 Å². The highest BCUT2D eigenvalue weighted by Gasteiger charge is 2.15. The predicted molar refractivity (Wildman–Crippen MR) is 104 cm³/mol. The average molecular weight is 371 g/mol. The normalized spacial score (nSPS) is 19.3. The first-order chi connectivity index (χ1) is 12.7. The van der Waals surface area contributed by atoms with Crippen LogP contribution in [0.15, 0.2) is 0 Å². The lowest BCUT2D eigenvalue weighted by molar-refractivity contribution is -0.122. The van der Waals surface area contributed by atoms with Crippen molar-refractivity contribution in [1.82, 2.24) is 9.80 Å². The molecule has 2 aliphatic heterocycles. The van der Waals surface area contributed by atoms with E-state index in [-0.39, 0.29) is 0 Å². The van der Waals surface area contributed by atoms with Gasteiger partial charge in [0.2, 0.25) is 0 Å². The number of rotatable bonds is 10. The van der Waals surface area contributed by atoms with Crippen LogP contribution in [-0.2, 0) is 19.1 Å². The van der Waals surface area contributed by atoms with Crippen LogP contribution in [0.25, 0.3) is 0 Å². The molecule has 2 heterocycles. The minimum Gasteiger partial charge on any atom is -0.385 e. The van der Waals surface area contributed by atoms with Crippen LogP contribution in [0.2, 0.25) is 0 Å². The number of piperidine rings is 2. The zero-order valence-electron chi connectivity index (χ0n) is 16.8. The van der Waals surface area contributed by atoms with Gasteiger partial charge in [0.05, 0.1) is 0 Å². The second-order valence-corrected chi connectivity index (χ2v) is 7.16. The second kappa shape index (κ2) is 15.3. The van der Waals surface area contributed by atoms with E-state index in [1.165, 1.54) is 12.8 Å². The topological polar surface area (TPSA) is 59.1 Å². The highest BCUT2D eigenvalue weighted by Crippen LogP contribution is 2.07. The summed E-state index contributed by atoms with van der Waals surface area (Å²) in [5.74, 6) is 0.848. The maximum Gasteiger partial charge on any atom is 0.135 e. The van der Waals surface area contributed by atoms with E-state index >= 15 is 0 Å². The molecule has 6 heteroatoms. The third-order valence-corrected chi connectivity index (χ3v) is 4.97. The Morgan fingerprint density at radius 1 is 0.654 bits per heavy atom. The van der Waals surface area contributed by atoms with E-state index in [1.54, 1.807) is 14.2 Å². The van der Waals surface area contributed by atoms with Crippen molar-refractivity contribution in [2.24, 2.45) is 0 Å². The second-order valence-electron chi connectivity index (χ2n) is 7.16. The summed E-state index contributed by atoms with van der Waals surface area (Å²) in [7, 11) is 3.47. The number of hydrogen-bond donors (Lipinski definition) is 0. The van der Waals surface area contributed by atoms with Crippen LogP contribution < -0.4 is 0 Å². The van der Waals surface area contributed by atoms with Crippen LogP contribution in [-0.4, -0.2) is 88.1 Å². The Morgan fingerprint density at radius 2 is 1.00 bits per heavy atom. The molecule has 0 N–H and O–H groups in total. The molecule has 0 aromatic rings. The molecule has 26 heavy (non-hydrogen) atoms. The molecule has 0 saturated carbocycles. The van der Waals surface area contributed by atoms with Crippen LogP contribution in [0, 0.1) is 0 Å². The van der Waals surface area contributed by atoms with Gasteiger partial charge in [-0.1, -0.05) is 0 Å². The summed E-state index contributed by atoms with van der Waals surface area (Å²) < 4.78 is 9.95. The lowest BCUT2D eigenvalue weighted by Gasteiger charge is -2.25. The Balaban J connectivity index is 0.000000260. The van der Waals surface area contributed by atoms with Gasteiger partial charge in [-0.2, -0.15) is 0 Å². The lowest BCUT2D eigenvalue weighted by atomic mass is 10.1. The van der Waals surface area contributed by atoms with Gasteiger partial charge in [0, 0.05) is 79.3 Å². The van der Waals surface area contributed by atoms with Gasteiger partial charge >= 0.3 is 0 Å². The van der Waals surface area contributed by atoms with E-state index in [4.69, 9.17) is 9.47 Å². The molecule has 0 unspecified atom stereocenters. The van der Waals surface area contributed by atoms with Crippen LogP contribution in [0.5, 0.6) is 0 Å². The molecule has 0 radical (unpaired) electrons. The van der Waals surface area contributed by atoms with Crippen molar-refractivity contribution < 1.29 is 19.1 Å². The summed E-state index contributed by atoms with van der Waals surface area (Å²) in [6.45, 7) is 7.81. The van der Waals surface area contributed by atoms with Crippen molar-refractivity contribution in [3.8, 4) is 0 Å². The lowest BCUT2D eigenvalue weighted by Crippen LogP contribution is -2.34. The minimum absolute atomic E-state index is 0.424. The fraction of sp³-hybridized carbons (Fsp3) is 0.900. The summed E-state index contributed by atoms with van der Waals surface area (Å²) >= 11 is 0. The van der Waals surface area contributed by atoms with Gasteiger partial charge in [0.15, 0.2) is 0 Å². The van der Waals surface area contributed by atoms with Crippen molar-refractivity contribution in [3.63, 3.8) is 0 Å². The Kier molecular flexibility index (Phi) is 13.6. The van der Waals surface area contributed by atoms with Crippen LogP contribution in [0.4, 0.5) is 0 Å². The van der Waals surface area contributed by atoms with Crippen molar-refractivity contribution in [2.45, 2.75) is 51.4 Å². The summed E-state index contributed by atoms with van der Waals surface area (Å²) in [6, 6.07) is 0. The monoisotopic (exact) mass is 370 g/mol. The summed E-state index contributed by atoms with van der Waals surface area (Å²) in [5, 5.41) is 0. The highest BCUT2D eigenvalue weighted by atomic mass is 16.5. The Bertz CT molecular complexity index is 334. The molecule has 2 rings (SSSR count). The molecular weight excluding hydrogens is 332 g/mol. The van der Waals surface area contributed by atoms with Crippen molar-refractivity contribution >= 4 is 11.6 Å². The van der Waals surface area contributed by atoms with Gasteiger partial charge in [-0.15, -0.1) is 0 Å². The molecule has 0 aliphatic carbocycles. The van der Waals surface area contributed by atoms with Gasteiger partial charge in [0.1, 0.15) is 11.6 Å². The van der Waals surface area contributed by atoms with E-state index in [1.807, 2.05) is 0 Å². The zero-order valence-corrected chi connectivity index (χ0v) is 16.8. The van der Waals surface area contributed by atoms with Crippen LogP contribution in [0.3, 0.4) is 0 Å². The van der Waals surface area contributed by atoms with Gasteiger partial charge in [-0.25, -0.2) is 0 Å². The first-order valence-electron chi connectivity index (χ1n) is 10.1. The number of nitrogens with zero attached hydrogens (tertiary/aromatic N) is 2. The number of carbonyl (C=O) groups is 2. The molecule has 2 fully saturated rings. The van der Waals surface area contributed by atoms with Gasteiger partial charge in [-0.3, -0.25) is 9.59 Å². The quantitative estimate of drug-likeness (QED) is 0.549. The molecule has 0 atom stereocenters. The minimum atomic E-state index is 0.424. The third kappa shape index (κ3) is 11.7. The maximum atomic E-state index is 10.9. The zero-order chi connectivity index (χ0) is 19.0. The number of methoxy groups -OCH3 is 2. The van der Waals surface area contributed by atoms with E-state index in [0.717, 1.165) is 91.0 Å².